The van der Waals surface area contributed by atoms with E-state index in [9.17, 15) is 0 Å². The molecule has 0 saturated carbocycles. The van der Waals surface area contributed by atoms with Crippen molar-refractivity contribution in [1.29, 1.82) is 0 Å². The molecule has 0 aliphatic carbocycles. The van der Waals surface area contributed by atoms with Gasteiger partial charge in [0, 0.05) is 37.7 Å². The third-order valence-electron chi connectivity index (χ3n) is 3.38. The van der Waals surface area contributed by atoms with Crippen molar-refractivity contribution in [2.75, 3.05) is 32.7 Å². The summed E-state index contributed by atoms with van der Waals surface area (Å²) in [5, 5.41) is 4.18. The summed E-state index contributed by atoms with van der Waals surface area (Å²) in [6.07, 6.45) is 1.06. The monoisotopic (exact) mass is 264 g/mol. The lowest BCUT2D eigenvalue weighted by Gasteiger charge is -2.27. The number of rotatable bonds is 4. The van der Waals surface area contributed by atoms with Crippen molar-refractivity contribution in [3.05, 3.63) is 40.9 Å². The molecule has 0 unspecified atom stereocenters. The molecule has 0 spiro atoms. The lowest BCUT2D eigenvalue weighted by molar-refractivity contribution is 0.244. The Kier molecular flexibility index (Phi) is 4.81. The van der Waals surface area contributed by atoms with E-state index in [0.29, 0.717) is 0 Å². The van der Waals surface area contributed by atoms with Gasteiger partial charge in [0.2, 0.25) is 0 Å². The molecule has 1 heterocycles. The standard InChI is InChI=1S/C15H21ClN2/c1-12(2)14-9-13(10-15(16)11-14)3-6-18-7-4-17-5-8-18/h9-11,17H,1,3-8H2,2H3. The van der Waals surface area contributed by atoms with Crippen LogP contribution in [0.4, 0.5) is 0 Å². The van der Waals surface area contributed by atoms with Crippen molar-refractivity contribution < 1.29 is 0 Å². The summed E-state index contributed by atoms with van der Waals surface area (Å²) in [6.45, 7) is 11.6. The van der Waals surface area contributed by atoms with Crippen LogP contribution in [0.5, 0.6) is 0 Å². The van der Waals surface area contributed by atoms with E-state index in [1.54, 1.807) is 0 Å². The second-order valence-electron chi connectivity index (χ2n) is 4.97. The molecule has 0 aromatic heterocycles. The molecule has 1 saturated heterocycles. The quantitative estimate of drug-likeness (QED) is 0.900. The minimum Gasteiger partial charge on any atom is -0.314 e. The molecule has 2 rings (SSSR count). The first-order valence-corrected chi connectivity index (χ1v) is 6.91. The SMILES string of the molecule is C=C(C)c1cc(Cl)cc(CCN2CCNCC2)c1. The van der Waals surface area contributed by atoms with E-state index in [1.165, 1.54) is 5.56 Å². The largest absolute Gasteiger partial charge is 0.314 e. The Labute approximate surface area is 115 Å². The highest BCUT2D eigenvalue weighted by atomic mass is 35.5. The molecule has 0 amide bonds. The first kappa shape index (κ1) is 13.6. The molecule has 3 heteroatoms. The van der Waals surface area contributed by atoms with E-state index in [1.807, 2.05) is 13.0 Å². The molecular formula is C15H21ClN2. The highest BCUT2D eigenvalue weighted by Gasteiger charge is 2.09. The molecule has 1 N–H and O–H groups in total. The molecule has 1 aliphatic rings. The van der Waals surface area contributed by atoms with Gasteiger partial charge in [-0.25, -0.2) is 0 Å². The summed E-state index contributed by atoms with van der Waals surface area (Å²) in [4.78, 5) is 2.50. The number of nitrogens with zero attached hydrogens (tertiary/aromatic N) is 1. The highest BCUT2D eigenvalue weighted by molar-refractivity contribution is 6.30. The zero-order chi connectivity index (χ0) is 13.0. The van der Waals surface area contributed by atoms with Gasteiger partial charge in [-0.15, -0.1) is 0 Å². The van der Waals surface area contributed by atoms with Gasteiger partial charge in [-0.2, -0.15) is 0 Å². The molecule has 1 fully saturated rings. The Hall–Kier alpha value is -0.830. The van der Waals surface area contributed by atoms with Crippen LogP contribution in [0.1, 0.15) is 18.1 Å². The average molecular weight is 265 g/mol. The lowest BCUT2D eigenvalue weighted by atomic mass is 10.0. The second kappa shape index (κ2) is 6.37. The summed E-state index contributed by atoms with van der Waals surface area (Å²) in [7, 11) is 0. The van der Waals surface area contributed by atoms with Gasteiger partial charge >= 0.3 is 0 Å². The van der Waals surface area contributed by atoms with Gasteiger partial charge in [-0.3, -0.25) is 0 Å². The zero-order valence-electron chi connectivity index (χ0n) is 11.0. The summed E-state index contributed by atoms with van der Waals surface area (Å²) < 4.78 is 0. The maximum absolute atomic E-state index is 6.15. The Morgan fingerprint density at radius 2 is 2.06 bits per heavy atom. The number of piperazine rings is 1. The molecular weight excluding hydrogens is 244 g/mol. The number of hydrogen-bond acceptors (Lipinski definition) is 2. The van der Waals surface area contributed by atoms with Gasteiger partial charge in [0.25, 0.3) is 0 Å². The van der Waals surface area contributed by atoms with E-state index < -0.39 is 0 Å². The van der Waals surface area contributed by atoms with Crippen molar-refractivity contribution in [1.82, 2.24) is 10.2 Å². The fraction of sp³-hybridized carbons (Fsp3) is 0.467. The van der Waals surface area contributed by atoms with Crippen molar-refractivity contribution in [3.8, 4) is 0 Å². The van der Waals surface area contributed by atoms with Gasteiger partial charge in [0.1, 0.15) is 0 Å². The van der Waals surface area contributed by atoms with Gasteiger partial charge in [0.15, 0.2) is 0 Å². The van der Waals surface area contributed by atoms with Gasteiger partial charge < -0.3 is 10.2 Å². The summed E-state index contributed by atoms with van der Waals surface area (Å²) in [6, 6.07) is 6.25. The van der Waals surface area contributed by atoms with Crippen LogP contribution >= 0.6 is 11.6 Å². The Balaban J connectivity index is 1.97. The number of benzene rings is 1. The second-order valence-corrected chi connectivity index (χ2v) is 5.41. The van der Waals surface area contributed by atoms with E-state index >= 15 is 0 Å². The first-order valence-electron chi connectivity index (χ1n) is 6.53. The van der Waals surface area contributed by atoms with Crippen LogP contribution in [0, 0.1) is 0 Å². The van der Waals surface area contributed by atoms with Crippen LogP contribution in [0.2, 0.25) is 5.02 Å². The molecule has 18 heavy (non-hydrogen) atoms. The van der Waals surface area contributed by atoms with Gasteiger partial charge in [-0.1, -0.05) is 29.8 Å². The fourth-order valence-electron chi connectivity index (χ4n) is 2.26. The Morgan fingerprint density at radius 1 is 1.33 bits per heavy atom. The fourth-order valence-corrected chi connectivity index (χ4v) is 2.52. The first-order chi connectivity index (χ1) is 8.65. The summed E-state index contributed by atoms with van der Waals surface area (Å²) >= 11 is 6.15. The molecule has 1 aromatic rings. The van der Waals surface area contributed by atoms with Crippen molar-refractivity contribution in [2.45, 2.75) is 13.3 Å². The predicted molar refractivity (Wildman–Crippen MR) is 79.2 cm³/mol. The van der Waals surface area contributed by atoms with Gasteiger partial charge in [0.05, 0.1) is 0 Å². The molecule has 98 valence electrons. The predicted octanol–water partition coefficient (Wildman–Crippen LogP) is 2.82. The van der Waals surface area contributed by atoms with E-state index in [2.05, 4.69) is 28.9 Å². The minimum atomic E-state index is 0.811. The average Bonchev–Trinajstić information content (AvgIpc) is 2.37. The number of hydrogen-bond donors (Lipinski definition) is 1. The minimum absolute atomic E-state index is 0.811. The van der Waals surface area contributed by atoms with Gasteiger partial charge in [-0.05, 0) is 36.6 Å². The van der Waals surface area contributed by atoms with Crippen LogP contribution in [-0.4, -0.2) is 37.6 Å². The molecule has 0 atom stereocenters. The van der Waals surface area contributed by atoms with E-state index in [0.717, 1.165) is 55.3 Å². The molecule has 2 nitrogen and oxygen atoms in total. The van der Waals surface area contributed by atoms with Crippen molar-refractivity contribution in [2.24, 2.45) is 0 Å². The van der Waals surface area contributed by atoms with Crippen LogP contribution in [-0.2, 0) is 6.42 Å². The van der Waals surface area contributed by atoms with Crippen molar-refractivity contribution >= 4 is 17.2 Å². The maximum atomic E-state index is 6.15. The third-order valence-corrected chi connectivity index (χ3v) is 3.59. The van der Waals surface area contributed by atoms with Crippen molar-refractivity contribution in [3.63, 3.8) is 0 Å². The number of nitrogens with one attached hydrogen (secondary N) is 1. The molecule has 0 radical (unpaired) electrons. The molecule has 0 bridgehead atoms. The van der Waals surface area contributed by atoms with E-state index in [-0.39, 0.29) is 0 Å². The number of allylic oxidation sites excluding steroid dienone is 1. The summed E-state index contributed by atoms with van der Waals surface area (Å²) in [5.41, 5.74) is 3.53. The normalized spacial score (nSPS) is 16.8. The Bertz CT molecular complexity index is 423. The smallest absolute Gasteiger partial charge is 0.0414 e. The maximum Gasteiger partial charge on any atom is 0.0414 e. The third kappa shape index (κ3) is 3.84. The van der Waals surface area contributed by atoms with Crippen LogP contribution < -0.4 is 5.32 Å². The zero-order valence-corrected chi connectivity index (χ0v) is 11.8. The molecule has 1 aromatic carbocycles. The van der Waals surface area contributed by atoms with E-state index in [4.69, 9.17) is 11.6 Å². The summed E-state index contributed by atoms with van der Waals surface area (Å²) in [5.74, 6) is 0. The molecule has 1 aliphatic heterocycles. The number of halogens is 1. The lowest BCUT2D eigenvalue weighted by Crippen LogP contribution is -2.44. The van der Waals surface area contributed by atoms with Crippen LogP contribution in [0.25, 0.3) is 5.57 Å². The highest BCUT2D eigenvalue weighted by Crippen LogP contribution is 2.20. The van der Waals surface area contributed by atoms with Crippen LogP contribution in [0.15, 0.2) is 24.8 Å². The van der Waals surface area contributed by atoms with Crippen LogP contribution in [0.3, 0.4) is 0 Å². The Morgan fingerprint density at radius 3 is 2.72 bits per heavy atom. The topological polar surface area (TPSA) is 15.3 Å².